The second-order valence-corrected chi connectivity index (χ2v) is 4.41. The Morgan fingerprint density at radius 1 is 1.38 bits per heavy atom. The summed E-state index contributed by atoms with van der Waals surface area (Å²) in [6.45, 7) is 0. The van der Waals surface area contributed by atoms with Crippen LogP contribution in [0.2, 0.25) is 0 Å². The molecule has 88 valence electrons. The Morgan fingerprint density at radius 2 is 2.06 bits per heavy atom. The summed E-state index contributed by atoms with van der Waals surface area (Å²) in [6, 6.07) is 3.11. The molecule has 4 N–H and O–H groups in total. The lowest BCUT2D eigenvalue weighted by atomic mass is 9.77. The maximum atomic E-state index is 13.5. The van der Waals surface area contributed by atoms with Crippen LogP contribution in [-0.4, -0.2) is 16.3 Å². The summed E-state index contributed by atoms with van der Waals surface area (Å²) in [5.41, 5.74) is 6.09. The van der Waals surface area contributed by atoms with E-state index in [1.807, 2.05) is 0 Å². The molecule has 2 atom stereocenters. The fourth-order valence-corrected chi connectivity index (χ4v) is 2.04. The first-order chi connectivity index (χ1) is 7.59. The summed E-state index contributed by atoms with van der Waals surface area (Å²) in [7, 11) is 0. The van der Waals surface area contributed by atoms with Crippen molar-refractivity contribution in [3.63, 3.8) is 0 Å². The minimum absolute atomic E-state index is 0.133. The van der Waals surface area contributed by atoms with Crippen LogP contribution < -0.4 is 5.73 Å². The van der Waals surface area contributed by atoms with Crippen LogP contribution in [0.1, 0.15) is 30.9 Å². The van der Waals surface area contributed by atoms with E-state index >= 15 is 0 Å². The molecular formula is C12H16FNO2. The Bertz CT molecular complexity index is 379. The monoisotopic (exact) mass is 225 g/mol. The van der Waals surface area contributed by atoms with Crippen molar-refractivity contribution in [3.8, 4) is 5.75 Å². The quantitative estimate of drug-likeness (QED) is 0.733. The van der Waals surface area contributed by atoms with Crippen molar-refractivity contribution in [2.45, 2.75) is 31.4 Å². The third-order valence-electron chi connectivity index (χ3n) is 3.34. The smallest absolute Gasteiger partial charge is 0.131 e. The van der Waals surface area contributed by atoms with Gasteiger partial charge in [-0.25, -0.2) is 4.39 Å². The predicted molar refractivity (Wildman–Crippen MR) is 58.3 cm³/mol. The predicted octanol–water partition coefficient (Wildman–Crippen LogP) is 1.69. The average Bonchev–Trinajstić information content (AvgIpc) is 2.14. The molecule has 0 spiro atoms. The molecule has 0 aromatic heterocycles. The molecule has 3 nitrogen and oxygen atoms in total. The summed E-state index contributed by atoms with van der Waals surface area (Å²) in [6.07, 6.45) is 2.31. The lowest BCUT2D eigenvalue weighted by molar-refractivity contribution is 0.0404. The van der Waals surface area contributed by atoms with Gasteiger partial charge in [0, 0.05) is 11.6 Å². The molecule has 0 bridgehead atoms. The molecule has 0 radical (unpaired) electrons. The molecule has 1 saturated carbocycles. The number of benzene rings is 1. The number of phenols is 1. The third-order valence-corrected chi connectivity index (χ3v) is 3.34. The van der Waals surface area contributed by atoms with E-state index in [1.54, 1.807) is 0 Å². The minimum atomic E-state index is -0.717. The first-order valence-corrected chi connectivity index (χ1v) is 5.51. The lowest BCUT2D eigenvalue weighted by Crippen LogP contribution is -2.36. The van der Waals surface area contributed by atoms with E-state index in [4.69, 9.17) is 10.8 Å². The summed E-state index contributed by atoms with van der Waals surface area (Å²) < 4.78 is 13.5. The van der Waals surface area contributed by atoms with Gasteiger partial charge in [-0.05, 0) is 24.8 Å². The van der Waals surface area contributed by atoms with E-state index in [1.165, 1.54) is 12.1 Å². The minimum Gasteiger partial charge on any atom is -0.508 e. The number of hydrogen-bond acceptors (Lipinski definition) is 3. The number of aromatic hydroxyl groups is 1. The molecule has 1 aromatic rings. The number of phenolic OH excluding ortho intramolecular Hbond substituents is 1. The maximum Gasteiger partial charge on any atom is 0.131 e. The Balaban J connectivity index is 2.15. The zero-order valence-corrected chi connectivity index (χ0v) is 8.94. The van der Waals surface area contributed by atoms with E-state index < -0.39 is 18.0 Å². The van der Waals surface area contributed by atoms with Gasteiger partial charge in [0.25, 0.3) is 0 Å². The van der Waals surface area contributed by atoms with Crippen molar-refractivity contribution in [1.82, 2.24) is 0 Å². The SMILES string of the molecule is N[C@@H](c1ccc(O)cc1F)[C@H](O)C1CCC1. The van der Waals surface area contributed by atoms with Crippen LogP contribution in [0.25, 0.3) is 0 Å². The summed E-state index contributed by atoms with van der Waals surface area (Å²) in [5.74, 6) is -0.513. The Morgan fingerprint density at radius 3 is 2.56 bits per heavy atom. The van der Waals surface area contributed by atoms with Crippen molar-refractivity contribution in [2.75, 3.05) is 0 Å². The topological polar surface area (TPSA) is 66.5 Å². The first-order valence-electron chi connectivity index (χ1n) is 5.51. The lowest BCUT2D eigenvalue weighted by Gasteiger charge is -2.33. The third kappa shape index (κ3) is 2.03. The summed E-state index contributed by atoms with van der Waals surface area (Å²) in [5, 5.41) is 19.0. The van der Waals surface area contributed by atoms with Gasteiger partial charge < -0.3 is 15.9 Å². The van der Waals surface area contributed by atoms with Crippen molar-refractivity contribution in [3.05, 3.63) is 29.6 Å². The largest absolute Gasteiger partial charge is 0.508 e. The molecule has 0 heterocycles. The van der Waals surface area contributed by atoms with E-state index in [9.17, 15) is 9.50 Å². The van der Waals surface area contributed by atoms with E-state index in [-0.39, 0.29) is 17.2 Å². The second kappa shape index (κ2) is 4.39. The van der Waals surface area contributed by atoms with Gasteiger partial charge in [0.05, 0.1) is 12.1 Å². The normalized spacial score (nSPS) is 20.2. The zero-order valence-electron chi connectivity index (χ0n) is 8.94. The Kier molecular flexibility index (Phi) is 3.12. The van der Waals surface area contributed by atoms with Gasteiger partial charge >= 0.3 is 0 Å². The van der Waals surface area contributed by atoms with E-state index in [0.717, 1.165) is 25.3 Å². The molecule has 0 aliphatic heterocycles. The number of aliphatic hydroxyl groups excluding tert-OH is 1. The molecule has 4 heteroatoms. The van der Waals surface area contributed by atoms with Crippen molar-refractivity contribution < 1.29 is 14.6 Å². The number of aliphatic hydroxyl groups is 1. The molecule has 1 aliphatic carbocycles. The second-order valence-electron chi connectivity index (χ2n) is 4.41. The maximum absolute atomic E-state index is 13.5. The summed E-state index contributed by atoms with van der Waals surface area (Å²) in [4.78, 5) is 0. The zero-order chi connectivity index (χ0) is 11.7. The summed E-state index contributed by atoms with van der Waals surface area (Å²) >= 11 is 0. The molecule has 1 aromatic carbocycles. The van der Waals surface area contributed by atoms with Crippen LogP contribution in [0.3, 0.4) is 0 Å². The molecule has 1 fully saturated rings. The Labute approximate surface area is 93.7 Å². The average molecular weight is 225 g/mol. The van der Waals surface area contributed by atoms with Crippen LogP contribution in [-0.2, 0) is 0 Å². The fraction of sp³-hybridized carbons (Fsp3) is 0.500. The van der Waals surface area contributed by atoms with Crippen LogP contribution in [0.15, 0.2) is 18.2 Å². The highest BCUT2D eigenvalue weighted by Gasteiger charge is 2.31. The van der Waals surface area contributed by atoms with Gasteiger partial charge in [-0.2, -0.15) is 0 Å². The highest BCUT2D eigenvalue weighted by Crippen LogP contribution is 2.35. The molecule has 1 aliphatic rings. The molecule has 2 rings (SSSR count). The molecule has 0 unspecified atom stereocenters. The first kappa shape index (κ1) is 11.4. The number of hydrogen-bond donors (Lipinski definition) is 3. The van der Waals surface area contributed by atoms with Crippen molar-refractivity contribution in [2.24, 2.45) is 11.7 Å². The van der Waals surface area contributed by atoms with E-state index in [0.29, 0.717) is 0 Å². The van der Waals surface area contributed by atoms with Crippen LogP contribution in [0.5, 0.6) is 5.75 Å². The number of nitrogens with two attached hydrogens (primary N) is 1. The van der Waals surface area contributed by atoms with Gasteiger partial charge in [0.2, 0.25) is 0 Å². The van der Waals surface area contributed by atoms with Crippen molar-refractivity contribution in [1.29, 1.82) is 0 Å². The standard InChI is InChI=1S/C12H16FNO2/c13-10-6-8(15)4-5-9(10)11(14)12(16)7-2-1-3-7/h4-7,11-12,15-16H,1-3,14H2/t11-,12+/m0/s1. The number of halogens is 1. The molecule has 16 heavy (non-hydrogen) atoms. The fourth-order valence-electron chi connectivity index (χ4n) is 2.04. The van der Waals surface area contributed by atoms with Gasteiger partial charge in [-0.15, -0.1) is 0 Å². The van der Waals surface area contributed by atoms with E-state index in [2.05, 4.69) is 0 Å². The molecule has 0 amide bonds. The van der Waals surface area contributed by atoms with Gasteiger partial charge in [0.1, 0.15) is 11.6 Å². The van der Waals surface area contributed by atoms with Crippen molar-refractivity contribution >= 4 is 0 Å². The van der Waals surface area contributed by atoms with Crippen LogP contribution in [0, 0.1) is 11.7 Å². The highest BCUT2D eigenvalue weighted by molar-refractivity contribution is 5.30. The molecular weight excluding hydrogens is 209 g/mol. The van der Waals surface area contributed by atoms with Crippen LogP contribution in [0.4, 0.5) is 4.39 Å². The number of rotatable bonds is 3. The highest BCUT2D eigenvalue weighted by atomic mass is 19.1. The van der Waals surface area contributed by atoms with Crippen LogP contribution >= 0.6 is 0 Å². The van der Waals surface area contributed by atoms with Gasteiger partial charge in [-0.1, -0.05) is 12.5 Å². The van der Waals surface area contributed by atoms with Gasteiger partial charge in [-0.3, -0.25) is 0 Å². The van der Waals surface area contributed by atoms with Gasteiger partial charge in [0.15, 0.2) is 0 Å². The molecule has 0 saturated heterocycles. The Hall–Kier alpha value is -1.13.